The number of aryl methyl sites for hydroxylation is 2. The van der Waals surface area contributed by atoms with E-state index in [0.717, 1.165) is 0 Å². The average molecular weight is 189 g/mol. The third kappa shape index (κ3) is 1.87. The van der Waals surface area contributed by atoms with Crippen LogP contribution in [0.4, 0.5) is 8.78 Å². The minimum Gasteiger partial charge on any atom is -0.361 e. The zero-order valence-corrected chi connectivity index (χ0v) is 8.03. The van der Waals surface area contributed by atoms with Crippen molar-refractivity contribution in [2.24, 2.45) is 0 Å². The Hall–Kier alpha value is -0.930. The normalized spacial score (nSPS) is 12.1. The Kier molecular flexibility index (Phi) is 2.68. The summed E-state index contributed by atoms with van der Waals surface area (Å²) in [6.45, 7) is 4.78. The van der Waals surface area contributed by atoms with Gasteiger partial charge in [-0.25, -0.2) is 8.78 Å². The van der Waals surface area contributed by atoms with Gasteiger partial charge in [0.05, 0.1) is 11.3 Å². The fourth-order valence-electron chi connectivity index (χ4n) is 1.44. The van der Waals surface area contributed by atoms with Crippen LogP contribution in [0.1, 0.15) is 36.8 Å². The summed E-state index contributed by atoms with van der Waals surface area (Å²) in [6.07, 6.45) is 0.285. The zero-order chi connectivity index (χ0) is 10.1. The first-order valence-corrected chi connectivity index (χ1v) is 4.30. The maximum absolute atomic E-state index is 13.4. The van der Waals surface area contributed by atoms with Crippen molar-refractivity contribution >= 4 is 0 Å². The molecule has 0 spiro atoms. The summed E-state index contributed by atoms with van der Waals surface area (Å²) in [7, 11) is 0. The average Bonchev–Trinajstić information content (AvgIpc) is 2.31. The molecule has 0 bridgehead atoms. The molecule has 0 saturated heterocycles. The van der Waals surface area contributed by atoms with Gasteiger partial charge in [-0.2, -0.15) is 0 Å². The van der Waals surface area contributed by atoms with Crippen molar-refractivity contribution in [1.29, 1.82) is 0 Å². The molecular formula is C9H13F2NO. The van der Waals surface area contributed by atoms with Gasteiger partial charge in [-0.1, -0.05) is 18.5 Å². The van der Waals surface area contributed by atoms with Crippen LogP contribution in [-0.4, -0.2) is 5.16 Å². The predicted octanol–water partition coefficient (Wildman–Crippen LogP) is 3.18. The van der Waals surface area contributed by atoms with E-state index in [-0.39, 0.29) is 23.4 Å². The van der Waals surface area contributed by atoms with Crippen LogP contribution in [0.3, 0.4) is 0 Å². The summed E-state index contributed by atoms with van der Waals surface area (Å²) < 4.78 is 31.5. The third-order valence-electron chi connectivity index (χ3n) is 1.96. The smallest absolute Gasteiger partial charge is 0.278 e. The van der Waals surface area contributed by atoms with E-state index >= 15 is 0 Å². The highest BCUT2D eigenvalue weighted by atomic mass is 19.3. The van der Waals surface area contributed by atoms with Crippen LogP contribution in [0, 0.1) is 13.8 Å². The first-order valence-electron chi connectivity index (χ1n) is 4.30. The molecule has 1 aromatic rings. The molecule has 1 aromatic heterocycles. The van der Waals surface area contributed by atoms with Crippen molar-refractivity contribution in [2.45, 2.75) is 39.5 Å². The van der Waals surface area contributed by atoms with Crippen molar-refractivity contribution < 1.29 is 13.3 Å². The number of rotatable bonds is 3. The van der Waals surface area contributed by atoms with Gasteiger partial charge in [0.25, 0.3) is 5.92 Å². The second-order valence-corrected chi connectivity index (χ2v) is 3.15. The molecule has 13 heavy (non-hydrogen) atoms. The highest BCUT2D eigenvalue weighted by Gasteiger charge is 2.36. The largest absolute Gasteiger partial charge is 0.361 e. The topological polar surface area (TPSA) is 26.0 Å². The van der Waals surface area contributed by atoms with Crippen LogP contribution in [-0.2, 0) is 5.92 Å². The fraction of sp³-hybridized carbons (Fsp3) is 0.667. The van der Waals surface area contributed by atoms with E-state index in [1.807, 2.05) is 0 Å². The molecule has 0 amide bonds. The highest BCUT2D eigenvalue weighted by molar-refractivity contribution is 5.25. The Morgan fingerprint density at radius 2 is 2.00 bits per heavy atom. The summed E-state index contributed by atoms with van der Waals surface area (Å²) >= 11 is 0. The highest BCUT2D eigenvalue weighted by Crippen LogP contribution is 2.36. The second-order valence-electron chi connectivity index (χ2n) is 3.15. The first kappa shape index (κ1) is 10.2. The SMILES string of the molecule is CCCC(F)(F)c1c(C)noc1C. The summed E-state index contributed by atoms with van der Waals surface area (Å²) in [5.74, 6) is -2.58. The quantitative estimate of drug-likeness (QED) is 0.729. The van der Waals surface area contributed by atoms with Gasteiger partial charge in [-0.3, -0.25) is 0 Å². The van der Waals surface area contributed by atoms with Crippen LogP contribution in [0.15, 0.2) is 4.52 Å². The maximum atomic E-state index is 13.4. The van der Waals surface area contributed by atoms with E-state index in [4.69, 9.17) is 4.52 Å². The number of nitrogens with zero attached hydrogens (tertiary/aromatic N) is 1. The lowest BCUT2D eigenvalue weighted by Crippen LogP contribution is -2.14. The molecule has 0 aliphatic heterocycles. The number of hydrogen-bond acceptors (Lipinski definition) is 2. The number of alkyl halides is 2. The first-order chi connectivity index (χ1) is 5.99. The minimum atomic E-state index is -2.80. The number of halogens is 2. The molecule has 1 rings (SSSR count). The summed E-state index contributed by atoms with van der Waals surface area (Å²) in [6, 6.07) is 0. The van der Waals surface area contributed by atoms with Crippen molar-refractivity contribution in [3.63, 3.8) is 0 Å². The van der Waals surface area contributed by atoms with E-state index in [0.29, 0.717) is 6.42 Å². The van der Waals surface area contributed by atoms with Crippen LogP contribution in [0.5, 0.6) is 0 Å². The van der Waals surface area contributed by atoms with Gasteiger partial charge in [0, 0.05) is 6.42 Å². The summed E-state index contributed by atoms with van der Waals surface area (Å²) in [4.78, 5) is 0. The molecule has 0 unspecified atom stereocenters. The van der Waals surface area contributed by atoms with Gasteiger partial charge in [-0.15, -0.1) is 0 Å². The fourth-order valence-corrected chi connectivity index (χ4v) is 1.44. The molecule has 1 heterocycles. The number of hydrogen-bond donors (Lipinski definition) is 0. The molecule has 0 radical (unpaired) electrons. The van der Waals surface area contributed by atoms with Crippen molar-refractivity contribution in [3.8, 4) is 0 Å². The van der Waals surface area contributed by atoms with Crippen LogP contribution < -0.4 is 0 Å². The molecule has 0 aliphatic carbocycles. The molecule has 0 N–H and O–H groups in total. The molecule has 0 atom stereocenters. The molecule has 0 aliphatic rings. The lowest BCUT2D eigenvalue weighted by Gasteiger charge is -2.14. The molecule has 2 nitrogen and oxygen atoms in total. The number of aromatic nitrogens is 1. The summed E-state index contributed by atoms with van der Waals surface area (Å²) in [5.41, 5.74) is 0.241. The van der Waals surface area contributed by atoms with E-state index in [2.05, 4.69) is 5.16 Å². The van der Waals surface area contributed by atoms with Gasteiger partial charge in [0.2, 0.25) is 0 Å². The van der Waals surface area contributed by atoms with Gasteiger partial charge in [0.1, 0.15) is 5.76 Å². The molecular weight excluding hydrogens is 176 g/mol. The maximum Gasteiger partial charge on any atom is 0.278 e. The minimum absolute atomic E-state index is 0.0469. The molecule has 0 fully saturated rings. The second kappa shape index (κ2) is 3.44. The lowest BCUT2D eigenvalue weighted by atomic mass is 10.0. The van der Waals surface area contributed by atoms with Gasteiger partial charge in [0.15, 0.2) is 0 Å². The Balaban J connectivity index is 3.05. The van der Waals surface area contributed by atoms with Gasteiger partial charge in [-0.05, 0) is 13.8 Å². The van der Waals surface area contributed by atoms with Gasteiger partial charge >= 0.3 is 0 Å². The van der Waals surface area contributed by atoms with Gasteiger partial charge < -0.3 is 4.52 Å². The Morgan fingerprint density at radius 3 is 2.38 bits per heavy atom. The zero-order valence-electron chi connectivity index (χ0n) is 8.03. The summed E-state index contributed by atoms with van der Waals surface area (Å²) in [5, 5.41) is 3.51. The Labute approximate surface area is 75.9 Å². The Bertz CT molecular complexity index is 274. The van der Waals surface area contributed by atoms with Crippen molar-refractivity contribution in [2.75, 3.05) is 0 Å². The van der Waals surface area contributed by atoms with E-state index in [9.17, 15) is 8.78 Å². The third-order valence-corrected chi connectivity index (χ3v) is 1.96. The van der Waals surface area contributed by atoms with Crippen LogP contribution in [0.25, 0.3) is 0 Å². The lowest BCUT2D eigenvalue weighted by molar-refractivity contribution is -0.0158. The molecule has 4 heteroatoms. The van der Waals surface area contributed by atoms with E-state index in [1.54, 1.807) is 6.92 Å². The molecule has 74 valence electrons. The monoisotopic (exact) mass is 189 g/mol. The van der Waals surface area contributed by atoms with Crippen LogP contribution in [0.2, 0.25) is 0 Å². The van der Waals surface area contributed by atoms with E-state index < -0.39 is 5.92 Å². The standard InChI is InChI=1S/C9H13F2NO/c1-4-5-9(10,11)8-6(2)12-13-7(8)3/h4-5H2,1-3H3. The van der Waals surface area contributed by atoms with Crippen LogP contribution >= 0.6 is 0 Å². The molecule has 0 saturated carbocycles. The Morgan fingerprint density at radius 1 is 1.38 bits per heavy atom. The predicted molar refractivity (Wildman–Crippen MR) is 44.8 cm³/mol. The molecule has 0 aromatic carbocycles. The van der Waals surface area contributed by atoms with E-state index in [1.165, 1.54) is 13.8 Å². The van der Waals surface area contributed by atoms with Crippen molar-refractivity contribution in [1.82, 2.24) is 5.16 Å². The van der Waals surface area contributed by atoms with Crippen molar-refractivity contribution in [3.05, 3.63) is 17.0 Å².